The summed E-state index contributed by atoms with van der Waals surface area (Å²) in [5, 5.41) is 0.711. The second-order valence-electron chi connectivity index (χ2n) is 3.47. The van der Waals surface area contributed by atoms with Gasteiger partial charge in [-0.15, -0.1) is 0 Å². The van der Waals surface area contributed by atoms with Gasteiger partial charge >= 0.3 is 6.09 Å². The fourth-order valence-corrected chi connectivity index (χ4v) is 1.57. The van der Waals surface area contributed by atoms with Crippen molar-refractivity contribution in [2.24, 2.45) is 5.92 Å². The van der Waals surface area contributed by atoms with Gasteiger partial charge in [0.25, 0.3) is 0 Å². The number of alkyl halides is 1. The van der Waals surface area contributed by atoms with E-state index in [1.54, 1.807) is 4.90 Å². The molecule has 13 heavy (non-hydrogen) atoms. The first kappa shape index (κ1) is 10.8. The number of piperidine rings is 1. The lowest BCUT2D eigenvalue weighted by atomic mass is 10.00. The van der Waals surface area contributed by atoms with Gasteiger partial charge in [0, 0.05) is 18.4 Å². The Kier molecular flexibility index (Phi) is 4.56. The van der Waals surface area contributed by atoms with Crippen LogP contribution in [0.1, 0.15) is 19.8 Å². The van der Waals surface area contributed by atoms with Crippen molar-refractivity contribution in [1.29, 1.82) is 0 Å². The van der Waals surface area contributed by atoms with Crippen LogP contribution in [-0.4, -0.2) is 36.0 Å². The normalized spacial score (nSPS) is 18.8. The van der Waals surface area contributed by atoms with E-state index >= 15 is 0 Å². The molecule has 3 nitrogen and oxygen atoms in total. The number of amides is 1. The van der Waals surface area contributed by atoms with E-state index in [1.165, 1.54) is 0 Å². The van der Waals surface area contributed by atoms with Crippen molar-refractivity contribution in [2.45, 2.75) is 19.8 Å². The van der Waals surface area contributed by atoms with Crippen molar-refractivity contribution >= 4 is 22.0 Å². The van der Waals surface area contributed by atoms with E-state index in [4.69, 9.17) is 4.74 Å². The van der Waals surface area contributed by atoms with Crippen molar-refractivity contribution in [1.82, 2.24) is 4.90 Å². The minimum atomic E-state index is -0.161. The Morgan fingerprint density at radius 3 is 2.69 bits per heavy atom. The van der Waals surface area contributed by atoms with Crippen LogP contribution < -0.4 is 0 Å². The molecule has 0 N–H and O–H groups in total. The van der Waals surface area contributed by atoms with E-state index in [1.807, 2.05) is 0 Å². The predicted octanol–water partition coefficient (Wildman–Crippen LogP) is 2.25. The average Bonchev–Trinajstić information content (AvgIpc) is 2.15. The number of nitrogens with zero attached hydrogens (tertiary/aromatic N) is 1. The molecular formula is C9H16BrNO2. The molecule has 0 saturated carbocycles. The van der Waals surface area contributed by atoms with Gasteiger partial charge < -0.3 is 9.64 Å². The number of hydrogen-bond donors (Lipinski definition) is 0. The quantitative estimate of drug-likeness (QED) is 0.703. The number of carbonyl (C=O) groups is 1. The van der Waals surface area contributed by atoms with Crippen molar-refractivity contribution < 1.29 is 9.53 Å². The molecule has 1 aliphatic rings. The number of carbonyl (C=O) groups excluding carboxylic acids is 1. The summed E-state index contributed by atoms with van der Waals surface area (Å²) in [4.78, 5) is 13.1. The lowest BCUT2D eigenvalue weighted by molar-refractivity contribution is 0.0943. The Labute approximate surface area is 87.6 Å². The molecule has 1 rings (SSSR count). The maximum absolute atomic E-state index is 11.3. The zero-order chi connectivity index (χ0) is 9.68. The second kappa shape index (κ2) is 5.47. The maximum Gasteiger partial charge on any atom is 0.409 e. The molecule has 0 bridgehead atoms. The highest BCUT2D eigenvalue weighted by atomic mass is 79.9. The molecule has 76 valence electrons. The largest absolute Gasteiger partial charge is 0.449 e. The van der Waals surface area contributed by atoms with Crippen LogP contribution in [0.15, 0.2) is 0 Å². The topological polar surface area (TPSA) is 29.5 Å². The van der Waals surface area contributed by atoms with Gasteiger partial charge in [-0.2, -0.15) is 0 Å². The van der Waals surface area contributed by atoms with E-state index in [9.17, 15) is 4.79 Å². The van der Waals surface area contributed by atoms with E-state index < -0.39 is 0 Å². The van der Waals surface area contributed by atoms with Crippen LogP contribution in [0, 0.1) is 5.92 Å². The molecule has 1 amide bonds. The highest BCUT2D eigenvalue weighted by molar-refractivity contribution is 9.09. The van der Waals surface area contributed by atoms with Crippen molar-refractivity contribution in [3.63, 3.8) is 0 Å². The monoisotopic (exact) mass is 249 g/mol. The van der Waals surface area contributed by atoms with E-state index in [0.29, 0.717) is 11.9 Å². The molecule has 0 aromatic rings. The lowest BCUT2D eigenvalue weighted by Gasteiger charge is -2.29. The molecule has 0 radical (unpaired) electrons. The van der Waals surface area contributed by atoms with E-state index in [2.05, 4.69) is 22.9 Å². The molecule has 1 aliphatic heterocycles. The maximum atomic E-state index is 11.3. The lowest BCUT2D eigenvalue weighted by Crippen LogP contribution is -2.38. The third-order valence-corrected chi connectivity index (χ3v) is 2.67. The van der Waals surface area contributed by atoms with Crippen LogP contribution in [0.5, 0.6) is 0 Å². The number of halogens is 1. The Morgan fingerprint density at radius 2 is 2.15 bits per heavy atom. The second-order valence-corrected chi connectivity index (χ2v) is 4.27. The van der Waals surface area contributed by atoms with E-state index in [-0.39, 0.29) is 6.09 Å². The van der Waals surface area contributed by atoms with Crippen LogP contribution in [0.4, 0.5) is 4.79 Å². The Morgan fingerprint density at radius 1 is 1.54 bits per heavy atom. The predicted molar refractivity (Wildman–Crippen MR) is 55.1 cm³/mol. The van der Waals surface area contributed by atoms with Gasteiger partial charge in [0.2, 0.25) is 0 Å². The Bertz CT molecular complexity index is 167. The molecule has 1 heterocycles. The highest BCUT2D eigenvalue weighted by Gasteiger charge is 2.20. The minimum Gasteiger partial charge on any atom is -0.449 e. The summed E-state index contributed by atoms with van der Waals surface area (Å²) in [6, 6.07) is 0. The summed E-state index contributed by atoms with van der Waals surface area (Å²) in [6.45, 7) is 4.39. The summed E-state index contributed by atoms with van der Waals surface area (Å²) in [5.41, 5.74) is 0. The van der Waals surface area contributed by atoms with Crippen LogP contribution >= 0.6 is 15.9 Å². The van der Waals surface area contributed by atoms with E-state index in [0.717, 1.165) is 31.8 Å². The van der Waals surface area contributed by atoms with Crippen LogP contribution in [0.3, 0.4) is 0 Å². The first-order chi connectivity index (χ1) is 6.24. The molecule has 0 aromatic heterocycles. The zero-order valence-corrected chi connectivity index (χ0v) is 9.55. The molecule has 0 aromatic carbocycles. The van der Waals surface area contributed by atoms with Gasteiger partial charge in [-0.25, -0.2) is 4.79 Å². The number of rotatable bonds is 2. The van der Waals surface area contributed by atoms with Crippen molar-refractivity contribution in [3.05, 3.63) is 0 Å². The van der Waals surface area contributed by atoms with Crippen LogP contribution in [0.25, 0.3) is 0 Å². The first-order valence-corrected chi connectivity index (χ1v) is 5.84. The smallest absolute Gasteiger partial charge is 0.409 e. The average molecular weight is 250 g/mol. The van der Waals surface area contributed by atoms with Gasteiger partial charge in [0.1, 0.15) is 6.61 Å². The summed E-state index contributed by atoms with van der Waals surface area (Å²) in [5.74, 6) is 0.750. The molecule has 4 heteroatoms. The van der Waals surface area contributed by atoms with Crippen molar-refractivity contribution in [3.8, 4) is 0 Å². The molecule has 1 saturated heterocycles. The minimum absolute atomic E-state index is 0.161. The summed E-state index contributed by atoms with van der Waals surface area (Å²) in [7, 11) is 0. The Balaban J connectivity index is 2.23. The standard InChI is InChI=1S/C9H16BrNO2/c1-8-2-5-11(6-3-8)9(12)13-7-4-10/h8H,2-7H2,1H3. The molecular weight excluding hydrogens is 234 g/mol. The van der Waals surface area contributed by atoms with Gasteiger partial charge in [-0.05, 0) is 18.8 Å². The van der Waals surface area contributed by atoms with Gasteiger partial charge in [0.05, 0.1) is 0 Å². The molecule has 0 unspecified atom stereocenters. The van der Waals surface area contributed by atoms with Gasteiger partial charge in [-0.3, -0.25) is 0 Å². The molecule has 0 spiro atoms. The van der Waals surface area contributed by atoms with Gasteiger partial charge in [0.15, 0.2) is 0 Å². The molecule has 0 aliphatic carbocycles. The highest BCUT2D eigenvalue weighted by Crippen LogP contribution is 2.16. The molecule has 1 fully saturated rings. The number of ether oxygens (including phenoxy) is 1. The third-order valence-electron chi connectivity index (χ3n) is 2.34. The summed E-state index contributed by atoms with van der Waals surface area (Å²) < 4.78 is 5.01. The number of hydrogen-bond acceptors (Lipinski definition) is 2. The summed E-state index contributed by atoms with van der Waals surface area (Å²) in [6.07, 6.45) is 2.04. The fraction of sp³-hybridized carbons (Fsp3) is 0.889. The van der Waals surface area contributed by atoms with Gasteiger partial charge in [-0.1, -0.05) is 22.9 Å². The fourth-order valence-electron chi connectivity index (χ4n) is 1.41. The summed E-state index contributed by atoms with van der Waals surface area (Å²) >= 11 is 3.22. The van der Waals surface area contributed by atoms with Crippen molar-refractivity contribution in [2.75, 3.05) is 25.0 Å². The number of likely N-dealkylation sites (tertiary alicyclic amines) is 1. The van der Waals surface area contributed by atoms with Crippen LogP contribution in [0.2, 0.25) is 0 Å². The first-order valence-electron chi connectivity index (χ1n) is 4.71. The SMILES string of the molecule is CC1CCN(C(=O)OCCBr)CC1. The molecule has 0 atom stereocenters. The third kappa shape index (κ3) is 3.55. The Hall–Kier alpha value is -0.250. The zero-order valence-electron chi connectivity index (χ0n) is 7.96. The van der Waals surface area contributed by atoms with Crippen LogP contribution in [-0.2, 0) is 4.74 Å².